The Morgan fingerprint density at radius 1 is 0.773 bits per heavy atom. The highest BCUT2D eigenvalue weighted by Gasteiger charge is 2.31. The number of hydrogen-bond acceptors (Lipinski definition) is 0. The van der Waals surface area contributed by atoms with Crippen molar-refractivity contribution in [3.8, 4) is 0 Å². The van der Waals surface area contributed by atoms with Crippen molar-refractivity contribution in [1.82, 2.24) is 0 Å². The zero-order valence-electron chi connectivity index (χ0n) is 14.1. The zero-order valence-corrected chi connectivity index (χ0v) is 15.0. The van der Waals surface area contributed by atoms with Crippen LogP contribution in [0.15, 0.2) is 29.6 Å². The maximum absolute atomic E-state index is 2.55. The highest BCUT2D eigenvalue weighted by molar-refractivity contribution is 7.53. The van der Waals surface area contributed by atoms with E-state index in [2.05, 4.69) is 37.3 Å². The van der Waals surface area contributed by atoms with E-state index in [1.54, 1.807) is 5.31 Å². The van der Waals surface area contributed by atoms with Crippen LogP contribution >= 0.6 is 8.58 Å². The first-order valence-electron chi connectivity index (χ1n) is 9.31. The summed E-state index contributed by atoms with van der Waals surface area (Å²) in [5, 5.41) is 3.20. The Labute approximate surface area is 138 Å². The SMILES string of the molecule is CC1(C2=Cc3ccccc3[P]2)CCCCCCCCCCC1. The molecule has 0 aromatic heterocycles. The van der Waals surface area contributed by atoms with E-state index in [1.807, 2.05) is 0 Å². The van der Waals surface area contributed by atoms with E-state index in [4.69, 9.17) is 0 Å². The fraction of sp³-hybridized carbons (Fsp3) is 0.619. The van der Waals surface area contributed by atoms with Crippen LogP contribution in [0.2, 0.25) is 0 Å². The molecule has 1 heteroatoms. The van der Waals surface area contributed by atoms with Crippen LogP contribution in [0, 0.1) is 5.41 Å². The van der Waals surface area contributed by atoms with E-state index < -0.39 is 0 Å². The quantitative estimate of drug-likeness (QED) is 0.493. The Kier molecular flexibility index (Phi) is 5.75. The Bertz CT molecular complexity index is 502. The summed E-state index contributed by atoms with van der Waals surface area (Å²) in [6.07, 6.45) is 18.3. The third kappa shape index (κ3) is 4.02. The first-order chi connectivity index (χ1) is 10.8. The third-order valence-electron chi connectivity index (χ3n) is 5.55. The summed E-state index contributed by atoms with van der Waals surface area (Å²) in [5.41, 5.74) is 1.89. The molecule has 1 aliphatic heterocycles. The van der Waals surface area contributed by atoms with Gasteiger partial charge in [0.2, 0.25) is 0 Å². The van der Waals surface area contributed by atoms with Crippen LogP contribution in [-0.4, -0.2) is 0 Å². The molecule has 0 unspecified atom stereocenters. The van der Waals surface area contributed by atoms with Gasteiger partial charge in [-0.3, -0.25) is 0 Å². The van der Waals surface area contributed by atoms with Gasteiger partial charge in [-0.25, -0.2) is 0 Å². The summed E-state index contributed by atoms with van der Waals surface area (Å²) in [5.74, 6) is 0. The molecule has 2 aliphatic rings. The lowest BCUT2D eigenvalue weighted by molar-refractivity contribution is 0.318. The molecule has 0 bridgehead atoms. The van der Waals surface area contributed by atoms with Gasteiger partial charge < -0.3 is 0 Å². The Morgan fingerprint density at radius 2 is 1.32 bits per heavy atom. The van der Waals surface area contributed by atoms with E-state index in [0.717, 1.165) is 0 Å². The Balaban J connectivity index is 1.70. The van der Waals surface area contributed by atoms with Crippen LogP contribution in [0.5, 0.6) is 0 Å². The van der Waals surface area contributed by atoms with Gasteiger partial charge in [0, 0.05) is 0 Å². The molecule has 119 valence electrons. The molecule has 0 nitrogen and oxygen atoms in total. The highest BCUT2D eigenvalue weighted by atomic mass is 31.1. The standard InChI is InChI=1S/C21H30P/c1-21(20-17-18-13-9-10-14-19(18)22-20)15-11-7-5-3-2-4-6-8-12-16-21/h9-10,13-14,17H,2-8,11-12,15-16H2,1H3. The van der Waals surface area contributed by atoms with Gasteiger partial charge in [0.25, 0.3) is 0 Å². The second-order valence-electron chi connectivity index (χ2n) is 7.44. The summed E-state index contributed by atoms with van der Waals surface area (Å²) in [6.45, 7) is 2.55. The molecule has 3 rings (SSSR count). The van der Waals surface area contributed by atoms with Crippen LogP contribution < -0.4 is 5.30 Å². The summed E-state index contributed by atoms with van der Waals surface area (Å²) < 4.78 is 0. The number of rotatable bonds is 1. The number of allylic oxidation sites excluding steroid dienone is 1. The second-order valence-corrected chi connectivity index (χ2v) is 8.63. The van der Waals surface area contributed by atoms with Gasteiger partial charge in [0.15, 0.2) is 0 Å². The maximum Gasteiger partial charge on any atom is -0.00639 e. The van der Waals surface area contributed by atoms with Crippen molar-refractivity contribution >= 4 is 20.0 Å². The molecule has 1 radical (unpaired) electrons. The largest absolute Gasteiger partial charge is 0.0616 e. The summed E-state index contributed by atoms with van der Waals surface area (Å²) in [4.78, 5) is 0. The molecule has 22 heavy (non-hydrogen) atoms. The average molecular weight is 313 g/mol. The lowest BCUT2D eigenvalue weighted by Gasteiger charge is -2.31. The van der Waals surface area contributed by atoms with Crippen LogP contribution in [-0.2, 0) is 0 Å². The Hall–Kier alpha value is -0.610. The van der Waals surface area contributed by atoms with Gasteiger partial charge in [-0.05, 0) is 49.1 Å². The van der Waals surface area contributed by atoms with Crippen molar-refractivity contribution < 1.29 is 0 Å². The van der Waals surface area contributed by atoms with E-state index in [-0.39, 0.29) is 0 Å². The van der Waals surface area contributed by atoms with Crippen molar-refractivity contribution in [2.24, 2.45) is 5.41 Å². The van der Waals surface area contributed by atoms with Gasteiger partial charge in [-0.1, -0.05) is 89.0 Å². The lowest BCUT2D eigenvalue weighted by Crippen LogP contribution is -2.17. The molecule has 1 aliphatic carbocycles. The molecule has 0 saturated heterocycles. The number of fused-ring (bicyclic) bond motifs is 1. The molecular weight excluding hydrogens is 283 g/mol. The summed E-state index contributed by atoms with van der Waals surface area (Å²) >= 11 is 0. The topological polar surface area (TPSA) is 0 Å². The van der Waals surface area contributed by atoms with Gasteiger partial charge in [-0.2, -0.15) is 0 Å². The zero-order chi connectivity index (χ0) is 15.3. The van der Waals surface area contributed by atoms with Crippen LogP contribution in [0.3, 0.4) is 0 Å². The molecule has 0 amide bonds. The molecule has 0 atom stereocenters. The fourth-order valence-electron chi connectivity index (χ4n) is 3.98. The van der Waals surface area contributed by atoms with Crippen LogP contribution in [0.1, 0.15) is 83.1 Å². The van der Waals surface area contributed by atoms with Crippen molar-refractivity contribution in [2.45, 2.75) is 77.6 Å². The van der Waals surface area contributed by atoms with E-state index in [0.29, 0.717) is 5.41 Å². The maximum atomic E-state index is 2.55. The summed E-state index contributed by atoms with van der Waals surface area (Å²) in [6, 6.07) is 8.95. The van der Waals surface area contributed by atoms with E-state index >= 15 is 0 Å². The van der Waals surface area contributed by atoms with Crippen LogP contribution in [0.4, 0.5) is 0 Å². The third-order valence-corrected chi connectivity index (χ3v) is 7.10. The van der Waals surface area contributed by atoms with E-state index in [1.165, 1.54) is 90.1 Å². The minimum Gasteiger partial charge on any atom is -0.0616 e. The van der Waals surface area contributed by atoms with Gasteiger partial charge >= 0.3 is 0 Å². The Morgan fingerprint density at radius 3 is 1.91 bits per heavy atom. The van der Waals surface area contributed by atoms with Crippen molar-refractivity contribution in [3.05, 3.63) is 35.1 Å². The molecule has 1 aromatic carbocycles. The molecule has 1 saturated carbocycles. The van der Waals surface area contributed by atoms with Crippen LogP contribution in [0.25, 0.3) is 6.08 Å². The van der Waals surface area contributed by atoms with Crippen molar-refractivity contribution in [1.29, 1.82) is 0 Å². The predicted octanol–water partition coefficient (Wildman–Crippen LogP) is 6.92. The lowest BCUT2D eigenvalue weighted by atomic mass is 9.78. The molecular formula is C21H30P. The average Bonchev–Trinajstić information content (AvgIpc) is 2.96. The van der Waals surface area contributed by atoms with E-state index in [9.17, 15) is 0 Å². The van der Waals surface area contributed by atoms with Crippen molar-refractivity contribution in [3.63, 3.8) is 0 Å². The van der Waals surface area contributed by atoms with Gasteiger partial charge in [0.05, 0.1) is 0 Å². The minimum atomic E-state index is 0.430. The summed E-state index contributed by atoms with van der Waals surface area (Å²) in [7, 11) is 1.48. The fourth-order valence-corrected chi connectivity index (χ4v) is 5.36. The van der Waals surface area contributed by atoms with Gasteiger partial charge in [-0.15, -0.1) is 0 Å². The minimum absolute atomic E-state index is 0.430. The first-order valence-corrected chi connectivity index (χ1v) is 10.2. The predicted molar refractivity (Wildman–Crippen MR) is 99.9 cm³/mol. The second kappa shape index (κ2) is 7.78. The smallest absolute Gasteiger partial charge is 0.00639 e. The monoisotopic (exact) mass is 313 g/mol. The highest BCUT2D eigenvalue weighted by Crippen LogP contribution is 2.50. The molecule has 0 N–H and O–H groups in total. The first kappa shape index (κ1) is 16.3. The molecule has 0 spiro atoms. The molecule has 1 fully saturated rings. The van der Waals surface area contributed by atoms with Gasteiger partial charge in [0.1, 0.15) is 0 Å². The normalized spacial score (nSPS) is 24.1. The van der Waals surface area contributed by atoms with Crippen molar-refractivity contribution in [2.75, 3.05) is 0 Å². The molecule has 1 heterocycles. The number of benzene rings is 1. The number of hydrogen-bond donors (Lipinski definition) is 0. The molecule has 1 aromatic rings.